The van der Waals surface area contributed by atoms with Crippen LogP contribution in [-0.4, -0.2) is 43.4 Å². The molecule has 0 aliphatic carbocycles. The van der Waals surface area contributed by atoms with Crippen LogP contribution in [0.3, 0.4) is 0 Å². The molecular weight excluding hydrogens is 320 g/mol. The van der Waals surface area contributed by atoms with E-state index >= 15 is 0 Å². The Morgan fingerprint density at radius 1 is 1.20 bits per heavy atom. The van der Waals surface area contributed by atoms with Gasteiger partial charge in [0.25, 0.3) is 0 Å². The van der Waals surface area contributed by atoms with Crippen molar-refractivity contribution in [3.8, 4) is 0 Å². The van der Waals surface area contributed by atoms with E-state index in [0.717, 1.165) is 37.1 Å². The van der Waals surface area contributed by atoms with E-state index in [9.17, 15) is 14.7 Å². The highest BCUT2D eigenvalue weighted by Crippen LogP contribution is 2.10. The van der Waals surface area contributed by atoms with Gasteiger partial charge in [0, 0.05) is 26.1 Å². The van der Waals surface area contributed by atoms with Crippen molar-refractivity contribution >= 4 is 5.91 Å². The molecule has 2 aromatic rings. The van der Waals surface area contributed by atoms with Gasteiger partial charge in [-0.15, -0.1) is 0 Å². The second-order valence-corrected chi connectivity index (χ2v) is 6.34. The predicted molar refractivity (Wildman–Crippen MR) is 93.0 cm³/mol. The number of rotatable bonds is 6. The molecule has 7 heteroatoms. The van der Waals surface area contributed by atoms with E-state index in [0.29, 0.717) is 13.1 Å². The summed E-state index contributed by atoms with van der Waals surface area (Å²) in [7, 11) is 0. The lowest BCUT2D eigenvalue weighted by molar-refractivity contribution is -0.133. The highest BCUT2D eigenvalue weighted by Gasteiger charge is 2.20. The van der Waals surface area contributed by atoms with Gasteiger partial charge in [-0.1, -0.05) is 36.8 Å². The lowest BCUT2D eigenvalue weighted by Gasteiger charge is -2.21. The van der Waals surface area contributed by atoms with Crippen molar-refractivity contribution in [1.29, 1.82) is 0 Å². The van der Waals surface area contributed by atoms with Crippen molar-refractivity contribution in [2.24, 2.45) is 0 Å². The smallest absolute Gasteiger partial charge is 0.346 e. The molecule has 0 spiro atoms. The topological polar surface area (TPSA) is 80.4 Å². The molecule has 0 unspecified atom stereocenters. The molecule has 3 rings (SSSR count). The van der Waals surface area contributed by atoms with Gasteiger partial charge < -0.3 is 10.0 Å². The molecule has 0 bridgehead atoms. The number of carbonyl (C=O) groups excluding carboxylic acids is 1. The second-order valence-electron chi connectivity index (χ2n) is 6.34. The summed E-state index contributed by atoms with van der Waals surface area (Å²) in [6, 6.07) is 9.60. The van der Waals surface area contributed by atoms with Crippen LogP contribution in [0.4, 0.5) is 0 Å². The first kappa shape index (κ1) is 17.4. The second kappa shape index (κ2) is 8.11. The SMILES string of the molecule is O=C(Cn1nc2n(c1=O)CCCCC2)N(CCO)Cc1ccccc1. The summed E-state index contributed by atoms with van der Waals surface area (Å²) >= 11 is 0. The molecule has 0 saturated heterocycles. The molecule has 1 aliphatic heterocycles. The van der Waals surface area contributed by atoms with Crippen molar-refractivity contribution in [2.75, 3.05) is 13.2 Å². The molecule has 1 aliphatic rings. The van der Waals surface area contributed by atoms with Crippen LogP contribution in [-0.2, 0) is 30.8 Å². The zero-order valence-electron chi connectivity index (χ0n) is 14.3. The highest BCUT2D eigenvalue weighted by molar-refractivity contribution is 5.75. The Morgan fingerprint density at radius 3 is 2.76 bits per heavy atom. The zero-order chi connectivity index (χ0) is 17.6. The number of carbonyl (C=O) groups is 1. The first-order valence-corrected chi connectivity index (χ1v) is 8.78. The van der Waals surface area contributed by atoms with E-state index in [4.69, 9.17) is 0 Å². The van der Waals surface area contributed by atoms with Crippen LogP contribution < -0.4 is 5.69 Å². The van der Waals surface area contributed by atoms with E-state index in [-0.39, 0.29) is 31.3 Å². The summed E-state index contributed by atoms with van der Waals surface area (Å²) in [5, 5.41) is 13.6. The molecule has 1 aromatic heterocycles. The number of aromatic nitrogens is 3. The molecule has 7 nitrogen and oxygen atoms in total. The number of hydrogen-bond donors (Lipinski definition) is 1. The number of hydrogen-bond acceptors (Lipinski definition) is 4. The van der Waals surface area contributed by atoms with Crippen LogP contribution in [0.15, 0.2) is 35.1 Å². The van der Waals surface area contributed by atoms with Gasteiger partial charge in [0.15, 0.2) is 0 Å². The molecule has 1 aromatic carbocycles. The minimum absolute atomic E-state index is 0.0916. The van der Waals surface area contributed by atoms with Gasteiger partial charge in [0.2, 0.25) is 5.91 Å². The number of aryl methyl sites for hydroxylation is 1. The summed E-state index contributed by atoms with van der Waals surface area (Å²) in [4.78, 5) is 26.7. The van der Waals surface area contributed by atoms with E-state index in [1.165, 1.54) is 4.68 Å². The zero-order valence-corrected chi connectivity index (χ0v) is 14.3. The third-order valence-corrected chi connectivity index (χ3v) is 4.51. The number of fused-ring (bicyclic) bond motifs is 1. The molecule has 1 N–H and O–H groups in total. The Morgan fingerprint density at radius 2 is 2.00 bits per heavy atom. The van der Waals surface area contributed by atoms with Crippen molar-refractivity contribution in [3.05, 3.63) is 52.2 Å². The van der Waals surface area contributed by atoms with Gasteiger partial charge in [-0.3, -0.25) is 9.36 Å². The average Bonchev–Trinajstić information content (AvgIpc) is 2.78. The fraction of sp³-hybridized carbons (Fsp3) is 0.500. The standard InChI is InChI=1S/C18H24N4O3/c23-12-11-20(13-15-7-3-1-4-8-15)17(24)14-22-18(25)21-10-6-2-5-9-16(21)19-22/h1,3-4,7-8,23H,2,5-6,9-14H2. The number of nitrogens with zero attached hydrogens (tertiary/aromatic N) is 4. The molecule has 0 atom stereocenters. The molecule has 0 radical (unpaired) electrons. The minimum atomic E-state index is -0.215. The molecule has 134 valence electrons. The van der Waals surface area contributed by atoms with Crippen LogP contribution >= 0.6 is 0 Å². The van der Waals surface area contributed by atoms with Crippen LogP contribution in [0.1, 0.15) is 30.7 Å². The van der Waals surface area contributed by atoms with Crippen molar-refractivity contribution in [1.82, 2.24) is 19.2 Å². The molecule has 1 amide bonds. The summed E-state index contributed by atoms with van der Waals surface area (Å²) in [6.07, 6.45) is 3.87. The number of aliphatic hydroxyl groups excluding tert-OH is 1. The maximum absolute atomic E-state index is 12.6. The number of aliphatic hydroxyl groups is 1. The van der Waals surface area contributed by atoms with Crippen LogP contribution in [0, 0.1) is 0 Å². The van der Waals surface area contributed by atoms with E-state index in [1.807, 2.05) is 30.3 Å². The minimum Gasteiger partial charge on any atom is -0.395 e. The van der Waals surface area contributed by atoms with Crippen molar-refractivity contribution in [3.63, 3.8) is 0 Å². The summed E-state index contributed by atoms with van der Waals surface area (Å²) in [6.45, 7) is 1.10. The van der Waals surface area contributed by atoms with Crippen LogP contribution in [0.5, 0.6) is 0 Å². The van der Waals surface area contributed by atoms with E-state index in [1.54, 1.807) is 9.47 Å². The molecule has 0 fully saturated rings. The van der Waals surface area contributed by atoms with Gasteiger partial charge in [-0.05, 0) is 18.4 Å². The third-order valence-electron chi connectivity index (χ3n) is 4.51. The maximum atomic E-state index is 12.6. The maximum Gasteiger partial charge on any atom is 0.346 e. The monoisotopic (exact) mass is 344 g/mol. The largest absolute Gasteiger partial charge is 0.395 e. The fourth-order valence-corrected chi connectivity index (χ4v) is 3.17. The third kappa shape index (κ3) is 4.17. The summed E-state index contributed by atoms with van der Waals surface area (Å²) in [5.41, 5.74) is 0.770. The first-order chi connectivity index (χ1) is 12.2. The van der Waals surface area contributed by atoms with E-state index < -0.39 is 0 Å². The quantitative estimate of drug-likeness (QED) is 0.840. The highest BCUT2D eigenvalue weighted by atomic mass is 16.3. The van der Waals surface area contributed by atoms with Crippen molar-refractivity contribution < 1.29 is 9.90 Å². The number of benzene rings is 1. The first-order valence-electron chi connectivity index (χ1n) is 8.78. The van der Waals surface area contributed by atoms with Gasteiger partial charge in [-0.25, -0.2) is 9.48 Å². The Labute approximate surface area is 146 Å². The molecular formula is C18H24N4O3. The molecule has 25 heavy (non-hydrogen) atoms. The number of amides is 1. The van der Waals surface area contributed by atoms with Gasteiger partial charge >= 0.3 is 5.69 Å². The van der Waals surface area contributed by atoms with Crippen LogP contribution in [0.2, 0.25) is 0 Å². The Balaban J connectivity index is 1.74. The van der Waals surface area contributed by atoms with Crippen molar-refractivity contribution in [2.45, 2.75) is 45.3 Å². The Kier molecular flexibility index (Phi) is 5.65. The van der Waals surface area contributed by atoms with Crippen LogP contribution in [0.25, 0.3) is 0 Å². The van der Waals surface area contributed by atoms with E-state index in [2.05, 4.69) is 5.10 Å². The normalized spacial score (nSPS) is 14.0. The van der Waals surface area contributed by atoms with Gasteiger partial charge in [0.05, 0.1) is 6.61 Å². The Bertz CT molecular complexity index is 766. The predicted octanol–water partition coefficient (Wildman–Crippen LogP) is 0.792. The lowest BCUT2D eigenvalue weighted by atomic mass is 10.2. The molecule has 2 heterocycles. The molecule has 0 saturated carbocycles. The van der Waals surface area contributed by atoms with Gasteiger partial charge in [0.1, 0.15) is 12.4 Å². The Hall–Kier alpha value is -2.41. The average molecular weight is 344 g/mol. The summed E-state index contributed by atoms with van der Waals surface area (Å²) < 4.78 is 2.95. The lowest BCUT2D eigenvalue weighted by Crippen LogP contribution is -2.38. The van der Waals surface area contributed by atoms with Gasteiger partial charge in [-0.2, -0.15) is 5.10 Å². The fourth-order valence-electron chi connectivity index (χ4n) is 3.17. The summed E-state index contributed by atoms with van der Waals surface area (Å²) in [5.74, 6) is 0.556.